The molecule has 1 spiro atoms. The van der Waals surface area contributed by atoms with Gasteiger partial charge in [-0.2, -0.15) is 0 Å². The molecule has 2 unspecified atom stereocenters. The molecule has 1 aliphatic heterocycles. The number of esters is 1. The Kier molecular flexibility index (Phi) is 11.4. The molecule has 2 aliphatic rings. The van der Waals surface area contributed by atoms with Gasteiger partial charge in [0.05, 0.1) is 31.3 Å². The van der Waals surface area contributed by atoms with E-state index in [0.717, 1.165) is 56.1 Å². The lowest BCUT2D eigenvalue weighted by molar-refractivity contribution is -0.140. The number of nitrogens with zero attached hydrogens (tertiary/aromatic N) is 1. The van der Waals surface area contributed by atoms with Crippen molar-refractivity contribution in [3.05, 3.63) is 69.2 Å². The first-order chi connectivity index (χ1) is 20.9. The summed E-state index contributed by atoms with van der Waals surface area (Å²) >= 11 is 12.6. The van der Waals surface area contributed by atoms with E-state index in [4.69, 9.17) is 23.2 Å². The summed E-state index contributed by atoms with van der Waals surface area (Å²) in [4.78, 5) is 40.7. The fourth-order valence-corrected chi connectivity index (χ4v) is 7.57. The van der Waals surface area contributed by atoms with Crippen LogP contribution in [0.4, 0.5) is 0 Å². The van der Waals surface area contributed by atoms with Gasteiger partial charge in [-0.1, -0.05) is 75.9 Å². The summed E-state index contributed by atoms with van der Waals surface area (Å²) in [5, 5.41) is 7.74. The largest absolute Gasteiger partial charge is 0.469 e. The van der Waals surface area contributed by atoms with E-state index in [-0.39, 0.29) is 48.2 Å². The quantitative estimate of drug-likeness (QED) is 0.234. The molecule has 1 saturated heterocycles. The number of amides is 2. The van der Waals surface area contributed by atoms with Gasteiger partial charge >= 0.3 is 5.97 Å². The normalized spacial score (nSPS) is 22.7. The molecule has 44 heavy (non-hydrogen) atoms. The number of carbonyl (C=O) groups excluding carboxylic acids is 3. The molecule has 2 aromatic rings. The van der Waals surface area contributed by atoms with Crippen LogP contribution in [0.25, 0.3) is 0 Å². The lowest BCUT2D eigenvalue weighted by Gasteiger charge is -2.49. The fourth-order valence-electron chi connectivity index (χ4n) is 7.00. The first kappa shape index (κ1) is 34.3. The smallest absolute Gasteiger partial charge is 0.307 e. The molecular weight excluding hydrogens is 597 g/mol. The highest BCUT2D eigenvalue weighted by molar-refractivity contribution is 6.34. The van der Waals surface area contributed by atoms with Crippen molar-refractivity contribution in [2.75, 3.05) is 13.7 Å². The number of nitrogens with one attached hydrogen (secondary N) is 2. The highest BCUT2D eigenvalue weighted by Gasteiger charge is 2.54. The molecule has 2 N–H and O–H groups in total. The summed E-state index contributed by atoms with van der Waals surface area (Å²) in [6, 6.07) is 12.5. The molecule has 0 bridgehead atoms. The minimum Gasteiger partial charge on any atom is -0.469 e. The molecule has 0 aromatic heterocycles. The van der Waals surface area contributed by atoms with E-state index in [1.54, 1.807) is 18.2 Å². The lowest BCUT2D eigenvalue weighted by atomic mass is 9.67. The molecule has 2 fully saturated rings. The Bertz CT molecular complexity index is 1300. The Balaban J connectivity index is 1.62. The van der Waals surface area contributed by atoms with Crippen LogP contribution in [-0.4, -0.2) is 48.0 Å². The van der Waals surface area contributed by atoms with Crippen molar-refractivity contribution in [1.29, 1.82) is 0 Å². The average Bonchev–Trinajstić information content (AvgIpc) is 3.24. The Hall–Kier alpha value is -2.61. The van der Waals surface area contributed by atoms with Crippen LogP contribution in [0.2, 0.25) is 10.0 Å². The van der Waals surface area contributed by atoms with Gasteiger partial charge in [-0.25, -0.2) is 0 Å². The van der Waals surface area contributed by atoms with Gasteiger partial charge in [0.2, 0.25) is 5.91 Å². The summed E-state index contributed by atoms with van der Waals surface area (Å²) in [6.45, 7) is 9.33. The van der Waals surface area contributed by atoms with Gasteiger partial charge in [-0.3, -0.25) is 19.7 Å². The SMILES string of the molecule is CCCC(c1ccc(C(=O)NCCC(=O)OC)cc1)N1C(=O)C(Cc2cc(Cl)cc(Cl)c2)NC12CCC(C(C)(C)CC)CC2. The average molecular weight is 645 g/mol. The number of ether oxygens (including phenoxy) is 1. The molecule has 1 saturated carbocycles. The highest BCUT2D eigenvalue weighted by Crippen LogP contribution is 2.49. The van der Waals surface area contributed by atoms with E-state index in [2.05, 4.69) is 48.0 Å². The molecular formula is C35H47Cl2N3O4. The van der Waals surface area contributed by atoms with Crippen LogP contribution in [0.3, 0.4) is 0 Å². The molecule has 240 valence electrons. The third-order valence-corrected chi connectivity index (χ3v) is 10.3. The topological polar surface area (TPSA) is 87.7 Å². The van der Waals surface area contributed by atoms with E-state index in [9.17, 15) is 14.4 Å². The van der Waals surface area contributed by atoms with Crippen LogP contribution in [-0.2, 0) is 20.7 Å². The summed E-state index contributed by atoms with van der Waals surface area (Å²) in [5.41, 5.74) is 2.25. The second kappa shape index (κ2) is 14.7. The number of halogens is 2. The van der Waals surface area contributed by atoms with Crippen molar-refractivity contribution in [3.8, 4) is 0 Å². The Labute approximate surface area is 272 Å². The van der Waals surface area contributed by atoms with Crippen LogP contribution in [0, 0.1) is 11.3 Å². The van der Waals surface area contributed by atoms with Gasteiger partial charge in [0.25, 0.3) is 5.91 Å². The zero-order chi connectivity index (χ0) is 32.1. The predicted molar refractivity (Wildman–Crippen MR) is 176 cm³/mol. The maximum absolute atomic E-state index is 14.4. The number of hydrogen-bond acceptors (Lipinski definition) is 5. The van der Waals surface area contributed by atoms with Crippen LogP contribution in [0.5, 0.6) is 0 Å². The lowest BCUT2D eigenvalue weighted by Crippen LogP contribution is -2.56. The number of methoxy groups -OCH3 is 1. The van der Waals surface area contributed by atoms with E-state index in [1.807, 2.05) is 24.3 Å². The third kappa shape index (κ3) is 7.78. The maximum Gasteiger partial charge on any atom is 0.307 e. The summed E-state index contributed by atoms with van der Waals surface area (Å²) < 4.78 is 4.65. The predicted octanol–water partition coefficient (Wildman–Crippen LogP) is 7.49. The summed E-state index contributed by atoms with van der Waals surface area (Å²) in [7, 11) is 1.33. The van der Waals surface area contributed by atoms with Gasteiger partial charge < -0.3 is 15.0 Å². The van der Waals surface area contributed by atoms with Crippen LogP contribution in [0.15, 0.2) is 42.5 Å². The molecule has 2 aromatic carbocycles. The minimum absolute atomic E-state index is 0.0948. The van der Waals surface area contributed by atoms with Crippen molar-refractivity contribution in [1.82, 2.24) is 15.5 Å². The van der Waals surface area contributed by atoms with Crippen molar-refractivity contribution in [2.45, 2.75) is 103 Å². The first-order valence-corrected chi connectivity index (χ1v) is 16.7. The van der Waals surface area contributed by atoms with E-state index >= 15 is 0 Å². The van der Waals surface area contributed by atoms with Gasteiger partial charge in [-0.05, 0) is 91.3 Å². The molecule has 4 rings (SSSR count). The van der Waals surface area contributed by atoms with Crippen molar-refractivity contribution < 1.29 is 19.1 Å². The molecule has 2 atom stereocenters. The molecule has 1 heterocycles. The zero-order valence-electron chi connectivity index (χ0n) is 26.7. The van der Waals surface area contributed by atoms with Crippen molar-refractivity contribution in [2.24, 2.45) is 11.3 Å². The third-order valence-electron chi connectivity index (χ3n) is 9.90. The first-order valence-electron chi connectivity index (χ1n) is 15.9. The second-order valence-corrected chi connectivity index (χ2v) is 13.9. The summed E-state index contributed by atoms with van der Waals surface area (Å²) in [6.07, 6.45) is 7.34. The zero-order valence-corrected chi connectivity index (χ0v) is 28.2. The van der Waals surface area contributed by atoms with Crippen LogP contribution < -0.4 is 10.6 Å². The van der Waals surface area contributed by atoms with Crippen LogP contribution >= 0.6 is 23.2 Å². The van der Waals surface area contributed by atoms with Gasteiger partial charge in [0.1, 0.15) is 0 Å². The summed E-state index contributed by atoms with van der Waals surface area (Å²) in [5.74, 6) is 0.0755. The van der Waals surface area contributed by atoms with Crippen LogP contribution in [0.1, 0.15) is 107 Å². The fraction of sp³-hybridized carbons (Fsp3) is 0.571. The Morgan fingerprint density at radius 2 is 1.73 bits per heavy atom. The standard InChI is InChI=1S/C35H47Cl2N3O4/c1-6-8-30(24-9-11-25(12-10-24)32(42)38-18-15-31(41)44-5)40-33(43)29(21-23-19-27(36)22-28(37)20-23)39-35(40)16-13-26(14-17-35)34(3,4)7-2/h9-12,19-20,22,26,29-30,39H,6-8,13-18,21H2,1-5H3,(H,38,42). The molecule has 2 amide bonds. The second-order valence-electron chi connectivity index (χ2n) is 13.0. The highest BCUT2D eigenvalue weighted by atomic mass is 35.5. The molecule has 7 nitrogen and oxygen atoms in total. The maximum atomic E-state index is 14.4. The Morgan fingerprint density at radius 3 is 2.30 bits per heavy atom. The number of rotatable bonds is 12. The van der Waals surface area contributed by atoms with E-state index < -0.39 is 5.66 Å². The number of carbonyl (C=O) groups is 3. The van der Waals surface area contributed by atoms with Gasteiger partial charge in [0, 0.05) is 22.2 Å². The number of benzene rings is 2. The van der Waals surface area contributed by atoms with E-state index in [1.165, 1.54) is 7.11 Å². The van der Waals surface area contributed by atoms with E-state index in [0.29, 0.717) is 27.9 Å². The molecule has 1 aliphatic carbocycles. The Morgan fingerprint density at radius 1 is 1.09 bits per heavy atom. The minimum atomic E-state index is -0.450. The molecule has 9 heteroatoms. The van der Waals surface area contributed by atoms with Gasteiger partial charge in [-0.15, -0.1) is 0 Å². The molecule has 0 radical (unpaired) electrons. The number of hydrogen-bond donors (Lipinski definition) is 2. The van der Waals surface area contributed by atoms with Gasteiger partial charge in [0.15, 0.2) is 0 Å². The van der Waals surface area contributed by atoms with Crippen molar-refractivity contribution in [3.63, 3.8) is 0 Å². The van der Waals surface area contributed by atoms with Crippen molar-refractivity contribution >= 4 is 41.0 Å². The monoisotopic (exact) mass is 643 g/mol.